The Morgan fingerprint density at radius 3 is 2.60 bits per heavy atom. The quantitative estimate of drug-likeness (QED) is 0.605. The highest BCUT2D eigenvalue weighted by Crippen LogP contribution is 2.31. The van der Waals surface area contributed by atoms with E-state index in [1.807, 2.05) is 24.3 Å². The molecule has 0 spiro atoms. The maximum Gasteiger partial charge on any atom is 0.471 e. The molecule has 129 valence electrons. The molecule has 25 heavy (non-hydrogen) atoms. The molecule has 0 atom stereocenters. The van der Waals surface area contributed by atoms with Gasteiger partial charge in [0.2, 0.25) is 5.82 Å². The molecule has 1 aromatic heterocycles. The van der Waals surface area contributed by atoms with Crippen LogP contribution in [0.2, 0.25) is 0 Å². The van der Waals surface area contributed by atoms with Gasteiger partial charge in [-0.1, -0.05) is 29.4 Å². The molecule has 0 aliphatic rings. The van der Waals surface area contributed by atoms with Crippen LogP contribution in [0.15, 0.2) is 51.9 Å². The molecule has 2 aromatic carbocycles. The van der Waals surface area contributed by atoms with E-state index in [0.717, 1.165) is 16.2 Å². The fourth-order valence-corrected chi connectivity index (χ4v) is 2.88. The summed E-state index contributed by atoms with van der Waals surface area (Å²) in [7, 11) is 1.60. The second kappa shape index (κ2) is 7.18. The van der Waals surface area contributed by atoms with Crippen molar-refractivity contribution in [1.29, 1.82) is 0 Å². The van der Waals surface area contributed by atoms with Crippen LogP contribution in [0.1, 0.15) is 11.5 Å². The Bertz CT molecular complexity index is 848. The maximum absolute atomic E-state index is 12.5. The van der Waals surface area contributed by atoms with Crippen molar-refractivity contribution in [2.75, 3.05) is 7.11 Å². The van der Waals surface area contributed by atoms with Gasteiger partial charge in [-0.15, -0.1) is 11.8 Å². The van der Waals surface area contributed by atoms with Crippen molar-refractivity contribution in [2.45, 2.75) is 16.8 Å². The Morgan fingerprint density at radius 2 is 1.96 bits per heavy atom. The van der Waals surface area contributed by atoms with E-state index in [9.17, 15) is 13.2 Å². The fourth-order valence-electron chi connectivity index (χ4n) is 2.01. The number of benzene rings is 2. The van der Waals surface area contributed by atoms with E-state index in [-0.39, 0.29) is 5.82 Å². The van der Waals surface area contributed by atoms with Crippen molar-refractivity contribution < 1.29 is 22.4 Å². The third-order valence-electron chi connectivity index (χ3n) is 3.26. The molecular weight excluding hydrogens is 353 g/mol. The predicted octanol–water partition coefficient (Wildman–Crippen LogP) is 4.86. The molecular formula is C17H12F3N2O2S. The van der Waals surface area contributed by atoms with Crippen LogP contribution in [-0.4, -0.2) is 17.3 Å². The lowest BCUT2D eigenvalue weighted by Crippen LogP contribution is -2.04. The number of aromatic nitrogens is 2. The van der Waals surface area contributed by atoms with Gasteiger partial charge >= 0.3 is 12.1 Å². The summed E-state index contributed by atoms with van der Waals surface area (Å²) in [6, 6.07) is 15.6. The van der Waals surface area contributed by atoms with Gasteiger partial charge in [0, 0.05) is 16.2 Å². The first-order valence-corrected chi connectivity index (χ1v) is 8.13. The van der Waals surface area contributed by atoms with Gasteiger partial charge in [-0.3, -0.25) is 0 Å². The summed E-state index contributed by atoms with van der Waals surface area (Å²) in [4.78, 5) is 4.16. The number of methoxy groups -OCH3 is 1. The van der Waals surface area contributed by atoms with E-state index < -0.39 is 12.1 Å². The third kappa shape index (κ3) is 4.33. The standard InChI is InChI=1S/C17H12F3N2O2S/c1-23-13-7-5-11(6-8-13)10-25-14-4-2-3-12(9-14)15-21-16(24-22-15)17(18,19)20/h2-3,5-9H,10H2,1H3. The van der Waals surface area contributed by atoms with Crippen molar-refractivity contribution in [3.8, 4) is 17.1 Å². The Labute approximate surface area is 146 Å². The topological polar surface area (TPSA) is 48.2 Å². The first-order valence-electron chi connectivity index (χ1n) is 7.14. The number of nitrogens with zero attached hydrogens (tertiary/aromatic N) is 2. The lowest BCUT2D eigenvalue weighted by molar-refractivity contribution is -0.159. The van der Waals surface area contributed by atoms with Gasteiger partial charge in [0.15, 0.2) is 0 Å². The molecule has 1 radical (unpaired) electrons. The van der Waals surface area contributed by atoms with Crippen LogP contribution in [0.3, 0.4) is 0 Å². The minimum absolute atomic E-state index is 0.104. The molecule has 4 nitrogen and oxygen atoms in total. The Morgan fingerprint density at radius 1 is 1.20 bits per heavy atom. The van der Waals surface area contributed by atoms with Crippen LogP contribution in [0, 0.1) is 6.07 Å². The van der Waals surface area contributed by atoms with E-state index in [0.29, 0.717) is 11.3 Å². The molecule has 0 unspecified atom stereocenters. The van der Waals surface area contributed by atoms with E-state index in [2.05, 4.69) is 20.7 Å². The lowest BCUT2D eigenvalue weighted by Gasteiger charge is -2.04. The number of alkyl halides is 3. The molecule has 0 fully saturated rings. The summed E-state index contributed by atoms with van der Waals surface area (Å²) < 4.78 is 47.0. The first-order chi connectivity index (χ1) is 12.0. The van der Waals surface area contributed by atoms with Crippen molar-refractivity contribution in [2.24, 2.45) is 0 Å². The van der Waals surface area contributed by atoms with Gasteiger partial charge in [0.25, 0.3) is 0 Å². The zero-order valence-corrected chi connectivity index (χ0v) is 13.8. The zero-order valence-electron chi connectivity index (χ0n) is 13.0. The molecule has 3 aromatic rings. The maximum atomic E-state index is 12.5. The number of thioether (sulfide) groups is 1. The molecule has 3 rings (SSSR count). The van der Waals surface area contributed by atoms with Crippen molar-refractivity contribution in [1.82, 2.24) is 10.1 Å². The molecule has 0 aliphatic heterocycles. The van der Waals surface area contributed by atoms with E-state index >= 15 is 0 Å². The van der Waals surface area contributed by atoms with Crippen molar-refractivity contribution in [3.05, 3.63) is 60.0 Å². The van der Waals surface area contributed by atoms with Gasteiger partial charge in [-0.05, 0) is 29.8 Å². The summed E-state index contributed by atoms with van der Waals surface area (Å²) in [5, 5.41) is 3.39. The number of halogens is 3. The largest absolute Gasteiger partial charge is 0.497 e. The van der Waals surface area contributed by atoms with Crippen LogP contribution in [0.5, 0.6) is 5.75 Å². The molecule has 1 heterocycles. The molecule has 0 saturated carbocycles. The van der Waals surface area contributed by atoms with Crippen LogP contribution in [0.4, 0.5) is 13.2 Å². The molecule has 0 bridgehead atoms. The highest BCUT2D eigenvalue weighted by Gasteiger charge is 2.38. The average molecular weight is 365 g/mol. The smallest absolute Gasteiger partial charge is 0.471 e. The molecule has 0 amide bonds. The summed E-state index contributed by atoms with van der Waals surface area (Å²) in [6.07, 6.45) is -4.65. The number of hydrogen-bond donors (Lipinski definition) is 0. The van der Waals surface area contributed by atoms with Gasteiger partial charge in [-0.2, -0.15) is 18.2 Å². The molecule has 0 N–H and O–H groups in total. The lowest BCUT2D eigenvalue weighted by atomic mass is 10.2. The summed E-state index contributed by atoms with van der Waals surface area (Å²) in [6.45, 7) is 0. The highest BCUT2D eigenvalue weighted by molar-refractivity contribution is 7.98. The number of rotatable bonds is 5. The normalized spacial score (nSPS) is 11.5. The second-order valence-corrected chi connectivity index (χ2v) is 6.02. The zero-order chi connectivity index (χ0) is 17.9. The third-order valence-corrected chi connectivity index (χ3v) is 4.28. The molecule has 0 aliphatic carbocycles. The monoisotopic (exact) mass is 365 g/mol. The van der Waals surface area contributed by atoms with Gasteiger partial charge in [-0.25, -0.2) is 0 Å². The Kier molecular flexibility index (Phi) is 4.98. The minimum Gasteiger partial charge on any atom is -0.497 e. The van der Waals surface area contributed by atoms with E-state index in [4.69, 9.17) is 4.74 Å². The van der Waals surface area contributed by atoms with E-state index in [1.165, 1.54) is 11.8 Å². The van der Waals surface area contributed by atoms with Gasteiger partial charge in [0.1, 0.15) is 5.75 Å². The SMILES string of the molecule is COc1ccc(CSc2[c]ccc(-c3noc(C(F)(F)F)n3)c2)cc1. The van der Waals surface area contributed by atoms with Crippen LogP contribution >= 0.6 is 11.8 Å². The van der Waals surface area contributed by atoms with Crippen molar-refractivity contribution >= 4 is 11.8 Å². The number of ether oxygens (including phenoxy) is 1. The Balaban J connectivity index is 1.71. The van der Waals surface area contributed by atoms with Crippen LogP contribution in [0.25, 0.3) is 11.4 Å². The Hall–Kier alpha value is -2.48. The van der Waals surface area contributed by atoms with Gasteiger partial charge in [0.05, 0.1) is 7.11 Å². The average Bonchev–Trinajstić information content (AvgIpc) is 3.11. The fraction of sp³-hybridized carbons (Fsp3) is 0.176. The van der Waals surface area contributed by atoms with E-state index in [1.54, 1.807) is 25.3 Å². The highest BCUT2D eigenvalue weighted by atomic mass is 32.2. The summed E-state index contributed by atoms with van der Waals surface area (Å²) >= 11 is 1.50. The predicted molar refractivity (Wildman–Crippen MR) is 86.1 cm³/mol. The van der Waals surface area contributed by atoms with Crippen LogP contribution in [-0.2, 0) is 11.9 Å². The molecule has 8 heteroatoms. The second-order valence-electron chi connectivity index (χ2n) is 5.00. The minimum atomic E-state index is -4.65. The molecule has 0 saturated heterocycles. The number of hydrogen-bond acceptors (Lipinski definition) is 5. The first kappa shape index (κ1) is 17.3. The van der Waals surface area contributed by atoms with Crippen LogP contribution < -0.4 is 4.74 Å². The summed E-state index contributed by atoms with van der Waals surface area (Å²) in [5.74, 6) is -0.000413. The summed E-state index contributed by atoms with van der Waals surface area (Å²) in [5.41, 5.74) is 1.53. The van der Waals surface area contributed by atoms with Gasteiger partial charge < -0.3 is 9.26 Å². The van der Waals surface area contributed by atoms with Crippen molar-refractivity contribution in [3.63, 3.8) is 0 Å².